The Morgan fingerprint density at radius 2 is 1.46 bits per heavy atom. The number of carbonyl (C=O) groups is 1. The molecule has 0 aromatic heterocycles. The van der Waals surface area contributed by atoms with Crippen molar-refractivity contribution < 1.29 is 10.1 Å². The van der Waals surface area contributed by atoms with Crippen LogP contribution in [0.5, 0.6) is 0 Å². The summed E-state index contributed by atoms with van der Waals surface area (Å²) in [5.74, 6) is 0.726. The normalized spacial score (nSPS) is 12.5. The van der Waals surface area contributed by atoms with E-state index in [2.05, 4.69) is 58.1 Å². The Morgan fingerprint density at radius 3 is 2.00 bits per heavy atom. The van der Waals surface area contributed by atoms with Crippen LogP contribution in [0.3, 0.4) is 0 Å². The Hall–Kier alpha value is -1.84. The molecule has 2 rings (SSSR count). The molecule has 0 aliphatic heterocycles. The zero-order valence-corrected chi connectivity index (χ0v) is 17.1. The zero-order chi connectivity index (χ0) is 19.3. The van der Waals surface area contributed by atoms with Gasteiger partial charge in [-0.15, -0.1) is 0 Å². The van der Waals surface area contributed by atoms with Crippen molar-refractivity contribution in [2.75, 3.05) is 11.9 Å². The molecule has 0 spiro atoms. The van der Waals surface area contributed by atoms with E-state index in [0.717, 1.165) is 16.3 Å². The number of quaternary nitrogens is 1. The monoisotopic (exact) mass is 373 g/mol. The van der Waals surface area contributed by atoms with Gasteiger partial charge in [0.2, 0.25) is 0 Å². The fraction of sp³-hybridized carbons (Fsp3) is 0.409. The third kappa shape index (κ3) is 5.09. The second kappa shape index (κ2) is 9.20. The highest BCUT2D eigenvalue weighted by atomic mass is 35.5. The third-order valence-corrected chi connectivity index (χ3v) is 5.03. The first-order valence-corrected chi connectivity index (χ1v) is 9.69. The summed E-state index contributed by atoms with van der Waals surface area (Å²) in [6.07, 6.45) is 0. The number of benzene rings is 2. The van der Waals surface area contributed by atoms with Crippen molar-refractivity contribution in [1.29, 1.82) is 0 Å². The van der Waals surface area contributed by atoms with Gasteiger partial charge in [0, 0.05) is 16.3 Å². The summed E-state index contributed by atoms with van der Waals surface area (Å²) in [5, 5.41) is 5.92. The topological polar surface area (TPSA) is 45.7 Å². The molecular weight excluding hydrogens is 344 g/mol. The average Bonchev–Trinajstić information content (AvgIpc) is 2.59. The van der Waals surface area contributed by atoms with Crippen LogP contribution in [0.4, 0.5) is 5.69 Å². The molecule has 0 radical (unpaired) electrons. The van der Waals surface area contributed by atoms with Crippen molar-refractivity contribution in [2.24, 2.45) is 0 Å². The van der Waals surface area contributed by atoms with Crippen LogP contribution in [0, 0.1) is 0 Å². The van der Waals surface area contributed by atoms with Crippen LogP contribution in [0.25, 0.3) is 0 Å². The van der Waals surface area contributed by atoms with Crippen LogP contribution < -0.4 is 10.6 Å². The standard InChI is InChI=1S/C22H29ClN2O/c1-14(2)17-10-8-11-18(15(3)4)22(17)25-21(26)13-24-16(5)19-9-6-7-12-20(19)23/h6-12,14-16,24H,13H2,1-5H3,(H,25,26)/p+1/t16-/m1/s1. The van der Waals surface area contributed by atoms with Crippen molar-refractivity contribution >= 4 is 23.2 Å². The lowest BCUT2D eigenvalue weighted by atomic mass is 9.92. The molecule has 4 heteroatoms. The third-order valence-electron chi connectivity index (χ3n) is 4.69. The number of amides is 1. The quantitative estimate of drug-likeness (QED) is 0.715. The van der Waals surface area contributed by atoms with Crippen molar-refractivity contribution in [2.45, 2.75) is 52.5 Å². The lowest BCUT2D eigenvalue weighted by Gasteiger charge is -2.20. The first kappa shape index (κ1) is 20.5. The number of hydrogen-bond acceptors (Lipinski definition) is 1. The fourth-order valence-electron chi connectivity index (χ4n) is 3.14. The van der Waals surface area contributed by atoms with Gasteiger partial charge in [0.05, 0.1) is 0 Å². The van der Waals surface area contributed by atoms with Gasteiger partial charge in [-0.3, -0.25) is 4.79 Å². The Morgan fingerprint density at radius 1 is 0.923 bits per heavy atom. The van der Waals surface area contributed by atoms with Crippen molar-refractivity contribution in [3.05, 3.63) is 64.2 Å². The highest BCUT2D eigenvalue weighted by molar-refractivity contribution is 6.31. The maximum absolute atomic E-state index is 12.6. The minimum atomic E-state index is 0.0129. The van der Waals surface area contributed by atoms with Crippen LogP contribution in [0.2, 0.25) is 5.02 Å². The molecule has 0 heterocycles. The molecule has 0 aliphatic carbocycles. The van der Waals surface area contributed by atoms with Crippen molar-refractivity contribution in [1.82, 2.24) is 0 Å². The average molecular weight is 374 g/mol. The summed E-state index contributed by atoms with van der Waals surface area (Å²) in [4.78, 5) is 12.6. The van der Waals surface area contributed by atoms with Crippen molar-refractivity contribution in [3.8, 4) is 0 Å². The maximum atomic E-state index is 12.6. The predicted octanol–water partition coefficient (Wildman–Crippen LogP) is 4.85. The van der Waals surface area contributed by atoms with E-state index in [-0.39, 0.29) is 11.9 Å². The molecule has 140 valence electrons. The number of halogens is 1. The highest BCUT2D eigenvalue weighted by Crippen LogP contribution is 2.32. The Bertz CT molecular complexity index is 729. The van der Waals surface area contributed by atoms with Gasteiger partial charge in [-0.1, -0.05) is 75.7 Å². The molecule has 1 atom stereocenters. The van der Waals surface area contributed by atoms with Crippen LogP contribution in [-0.4, -0.2) is 12.5 Å². The van der Waals surface area contributed by atoms with E-state index in [1.807, 2.05) is 29.6 Å². The molecule has 1 amide bonds. The van der Waals surface area contributed by atoms with Gasteiger partial charge in [-0.25, -0.2) is 0 Å². The SMILES string of the molecule is CC(C)c1cccc(C(C)C)c1NC(=O)C[NH2+][C@H](C)c1ccccc1Cl. The van der Waals surface area contributed by atoms with Gasteiger partial charge in [-0.2, -0.15) is 0 Å². The lowest BCUT2D eigenvalue weighted by molar-refractivity contribution is -0.682. The Kier molecular flexibility index (Phi) is 7.24. The second-order valence-corrected chi connectivity index (χ2v) is 7.83. The molecule has 3 N–H and O–H groups in total. The van der Waals surface area contributed by atoms with Crippen LogP contribution >= 0.6 is 11.6 Å². The van der Waals surface area contributed by atoms with Gasteiger partial charge < -0.3 is 10.6 Å². The Labute approximate surface area is 162 Å². The number of carbonyl (C=O) groups excluding carboxylic acids is 1. The van der Waals surface area contributed by atoms with Crippen LogP contribution in [0.15, 0.2) is 42.5 Å². The summed E-state index contributed by atoms with van der Waals surface area (Å²) in [7, 11) is 0. The lowest BCUT2D eigenvalue weighted by Crippen LogP contribution is -2.86. The minimum absolute atomic E-state index is 0.0129. The molecule has 0 bridgehead atoms. The number of para-hydroxylation sites is 1. The molecule has 2 aromatic carbocycles. The fourth-order valence-corrected chi connectivity index (χ4v) is 3.45. The Balaban J connectivity index is 2.09. The minimum Gasteiger partial charge on any atom is -0.332 e. The smallest absolute Gasteiger partial charge is 0.279 e. The molecule has 0 unspecified atom stereocenters. The first-order chi connectivity index (χ1) is 12.3. The molecule has 3 nitrogen and oxygen atoms in total. The summed E-state index contributed by atoms with van der Waals surface area (Å²) < 4.78 is 0. The molecule has 0 saturated heterocycles. The maximum Gasteiger partial charge on any atom is 0.279 e. The van der Waals surface area contributed by atoms with E-state index in [4.69, 9.17) is 11.6 Å². The largest absolute Gasteiger partial charge is 0.332 e. The number of rotatable bonds is 7. The van der Waals surface area contributed by atoms with E-state index in [0.29, 0.717) is 18.4 Å². The molecule has 0 aliphatic rings. The van der Waals surface area contributed by atoms with Crippen LogP contribution in [0.1, 0.15) is 69.2 Å². The van der Waals surface area contributed by atoms with Gasteiger partial charge >= 0.3 is 0 Å². The van der Waals surface area contributed by atoms with E-state index in [1.54, 1.807) is 0 Å². The molecule has 26 heavy (non-hydrogen) atoms. The van der Waals surface area contributed by atoms with Crippen LogP contribution in [-0.2, 0) is 4.79 Å². The van der Waals surface area contributed by atoms with Gasteiger partial charge in [0.15, 0.2) is 6.54 Å². The number of nitrogens with two attached hydrogens (primary N) is 1. The number of hydrogen-bond donors (Lipinski definition) is 2. The summed E-state index contributed by atoms with van der Waals surface area (Å²) >= 11 is 6.25. The summed E-state index contributed by atoms with van der Waals surface area (Å²) in [6.45, 7) is 11.0. The molecular formula is C22H30ClN2O+. The van der Waals surface area contributed by atoms with E-state index in [9.17, 15) is 4.79 Å². The second-order valence-electron chi connectivity index (χ2n) is 7.42. The van der Waals surface area contributed by atoms with E-state index >= 15 is 0 Å². The number of anilines is 1. The van der Waals surface area contributed by atoms with E-state index in [1.165, 1.54) is 11.1 Å². The van der Waals surface area contributed by atoms with E-state index < -0.39 is 0 Å². The van der Waals surface area contributed by atoms with Gasteiger partial charge in [-0.05, 0) is 36.0 Å². The van der Waals surface area contributed by atoms with Crippen molar-refractivity contribution in [3.63, 3.8) is 0 Å². The first-order valence-electron chi connectivity index (χ1n) is 9.31. The molecule has 0 fully saturated rings. The predicted molar refractivity (Wildman–Crippen MR) is 110 cm³/mol. The summed E-state index contributed by atoms with van der Waals surface area (Å²) in [6, 6.07) is 14.2. The zero-order valence-electron chi connectivity index (χ0n) is 16.3. The molecule has 2 aromatic rings. The van der Waals surface area contributed by atoms with Gasteiger partial charge in [0.25, 0.3) is 5.91 Å². The molecule has 0 saturated carbocycles. The highest BCUT2D eigenvalue weighted by Gasteiger charge is 2.18. The summed E-state index contributed by atoms with van der Waals surface area (Å²) in [5.41, 5.74) is 4.39. The van der Waals surface area contributed by atoms with Gasteiger partial charge in [0.1, 0.15) is 6.04 Å². The number of nitrogens with one attached hydrogen (secondary N) is 1.